The zero-order valence-corrected chi connectivity index (χ0v) is 12.8. The normalized spacial score (nSPS) is 10.1. The zero-order valence-electron chi connectivity index (χ0n) is 12.8. The fourth-order valence-electron chi connectivity index (χ4n) is 2.00. The van der Waals surface area contributed by atoms with Crippen molar-refractivity contribution in [1.82, 2.24) is 4.98 Å². The minimum absolute atomic E-state index is 0.612. The number of ether oxygens (including phenoxy) is 3. The Morgan fingerprint density at radius 1 is 1.00 bits per heavy atom. The van der Waals surface area contributed by atoms with E-state index in [9.17, 15) is 0 Å². The Kier molecular flexibility index (Phi) is 4.87. The summed E-state index contributed by atoms with van der Waals surface area (Å²) >= 11 is 0. The highest BCUT2D eigenvalue weighted by Crippen LogP contribution is 2.33. The maximum Gasteiger partial charge on any atom is 0.212 e. The van der Waals surface area contributed by atoms with E-state index in [-0.39, 0.29) is 0 Å². The molecule has 0 fully saturated rings. The predicted octanol–water partition coefficient (Wildman–Crippen LogP) is 3.03. The second-order valence-corrected chi connectivity index (χ2v) is 4.58. The molecule has 5 nitrogen and oxygen atoms in total. The van der Waals surface area contributed by atoms with Crippen LogP contribution in [0, 0.1) is 6.92 Å². The molecule has 0 spiro atoms. The van der Waals surface area contributed by atoms with Gasteiger partial charge in [-0.3, -0.25) is 0 Å². The van der Waals surface area contributed by atoms with Gasteiger partial charge in [-0.15, -0.1) is 0 Å². The molecule has 0 saturated carbocycles. The molecule has 0 aliphatic heterocycles. The van der Waals surface area contributed by atoms with Crippen molar-refractivity contribution in [1.29, 1.82) is 0 Å². The number of hydrogen-bond donors (Lipinski definition) is 1. The first-order valence-electron chi connectivity index (χ1n) is 6.63. The van der Waals surface area contributed by atoms with Crippen LogP contribution in [0.2, 0.25) is 0 Å². The van der Waals surface area contributed by atoms with Crippen LogP contribution >= 0.6 is 0 Å². The van der Waals surface area contributed by atoms with Gasteiger partial charge in [-0.25, -0.2) is 4.98 Å². The third-order valence-electron chi connectivity index (χ3n) is 3.22. The molecule has 1 aromatic heterocycles. The molecular weight excluding hydrogens is 268 g/mol. The molecule has 0 bridgehead atoms. The Morgan fingerprint density at radius 3 is 2.29 bits per heavy atom. The summed E-state index contributed by atoms with van der Waals surface area (Å²) in [7, 11) is 4.87. The van der Waals surface area contributed by atoms with Crippen molar-refractivity contribution >= 4 is 5.69 Å². The van der Waals surface area contributed by atoms with Crippen molar-refractivity contribution in [2.24, 2.45) is 0 Å². The molecule has 21 heavy (non-hydrogen) atoms. The molecule has 1 aromatic carbocycles. The number of pyridine rings is 1. The quantitative estimate of drug-likeness (QED) is 0.885. The molecule has 0 aliphatic rings. The molecular formula is C16H20N2O3. The van der Waals surface area contributed by atoms with Gasteiger partial charge in [-0.1, -0.05) is 6.07 Å². The Labute approximate surface area is 124 Å². The second-order valence-electron chi connectivity index (χ2n) is 4.58. The van der Waals surface area contributed by atoms with Gasteiger partial charge in [0, 0.05) is 30.6 Å². The third kappa shape index (κ3) is 3.56. The van der Waals surface area contributed by atoms with Gasteiger partial charge >= 0.3 is 0 Å². The van der Waals surface area contributed by atoms with Crippen LogP contribution in [-0.2, 0) is 6.54 Å². The molecule has 112 valence electrons. The van der Waals surface area contributed by atoms with Crippen LogP contribution in [0.15, 0.2) is 30.5 Å². The van der Waals surface area contributed by atoms with Gasteiger partial charge in [-0.2, -0.15) is 0 Å². The zero-order chi connectivity index (χ0) is 15.2. The summed E-state index contributed by atoms with van der Waals surface area (Å²) in [5.74, 6) is 2.05. The lowest BCUT2D eigenvalue weighted by Crippen LogP contribution is -2.03. The number of aromatic nitrogens is 1. The number of anilines is 1. The van der Waals surface area contributed by atoms with Crippen molar-refractivity contribution in [2.75, 3.05) is 26.6 Å². The van der Waals surface area contributed by atoms with Crippen molar-refractivity contribution in [3.8, 4) is 17.4 Å². The van der Waals surface area contributed by atoms with E-state index < -0.39 is 0 Å². The van der Waals surface area contributed by atoms with Crippen molar-refractivity contribution in [2.45, 2.75) is 13.5 Å². The van der Waals surface area contributed by atoms with Crippen LogP contribution in [-0.4, -0.2) is 26.3 Å². The summed E-state index contributed by atoms with van der Waals surface area (Å²) in [4.78, 5) is 4.19. The van der Waals surface area contributed by atoms with Crippen LogP contribution in [0.3, 0.4) is 0 Å². The summed E-state index contributed by atoms with van der Waals surface area (Å²) in [5.41, 5.74) is 3.17. The SMILES string of the molecule is COc1ccc(CNc2cc(OC)c(OC)cc2C)cn1. The molecule has 1 N–H and O–H groups in total. The number of nitrogens with one attached hydrogen (secondary N) is 1. The molecule has 2 rings (SSSR count). The number of rotatable bonds is 6. The summed E-state index contributed by atoms with van der Waals surface area (Å²) in [5, 5.41) is 3.38. The molecule has 0 amide bonds. The fourth-order valence-corrected chi connectivity index (χ4v) is 2.00. The Bertz CT molecular complexity index is 597. The predicted molar refractivity (Wildman–Crippen MR) is 82.4 cm³/mol. The Morgan fingerprint density at radius 2 is 1.71 bits per heavy atom. The lowest BCUT2D eigenvalue weighted by molar-refractivity contribution is 0.355. The Balaban J connectivity index is 2.11. The Hall–Kier alpha value is -2.43. The van der Waals surface area contributed by atoms with Crippen molar-refractivity contribution < 1.29 is 14.2 Å². The van der Waals surface area contributed by atoms with Crippen LogP contribution in [0.25, 0.3) is 0 Å². The standard InChI is InChI=1S/C16H20N2O3/c1-11-7-14(19-2)15(20-3)8-13(11)17-9-12-5-6-16(21-4)18-10-12/h5-8,10,17H,9H2,1-4H3. The molecule has 0 atom stereocenters. The first-order valence-corrected chi connectivity index (χ1v) is 6.63. The summed E-state index contributed by atoms with van der Waals surface area (Å²) < 4.78 is 15.6. The summed E-state index contributed by atoms with van der Waals surface area (Å²) in [6.07, 6.45) is 1.79. The topological polar surface area (TPSA) is 52.6 Å². The van der Waals surface area contributed by atoms with E-state index in [4.69, 9.17) is 14.2 Å². The van der Waals surface area contributed by atoms with E-state index in [1.165, 1.54) is 0 Å². The molecule has 1 heterocycles. The van der Waals surface area contributed by atoms with Crippen LogP contribution in [0.1, 0.15) is 11.1 Å². The van der Waals surface area contributed by atoms with Crippen LogP contribution < -0.4 is 19.5 Å². The molecule has 0 saturated heterocycles. The van der Waals surface area contributed by atoms with E-state index in [1.807, 2.05) is 31.2 Å². The van der Waals surface area contributed by atoms with E-state index in [2.05, 4.69) is 10.3 Å². The molecule has 0 radical (unpaired) electrons. The lowest BCUT2D eigenvalue weighted by Gasteiger charge is -2.14. The fraction of sp³-hybridized carbons (Fsp3) is 0.312. The minimum atomic E-state index is 0.612. The first-order chi connectivity index (χ1) is 10.2. The minimum Gasteiger partial charge on any atom is -0.493 e. The molecule has 5 heteroatoms. The number of methoxy groups -OCH3 is 3. The van der Waals surface area contributed by atoms with E-state index >= 15 is 0 Å². The van der Waals surface area contributed by atoms with Gasteiger partial charge in [0.05, 0.1) is 21.3 Å². The number of benzene rings is 1. The maximum atomic E-state index is 5.32. The molecule has 0 unspecified atom stereocenters. The highest BCUT2D eigenvalue weighted by Gasteiger charge is 2.08. The average molecular weight is 288 g/mol. The van der Waals surface area contributed by atoms with E-state index in [0.717, 1.165) is 22.6 Å². The number of aryl methyl sites for hydroxylation is 1. The smallest absolute Gasteiger partial charge is 0.212 e. The highest BCUT2D eigenvalue weighted by molar-refractivity contribution is 5.60. The van der Waals surface area contributed by atoms with E-state index in [1.54, 1.807) is 27.5 Å². The van der Waals surface area contributed by atoms with Gasteiger partial charge in [-0.05, 0) is 24.1 Å². The van der Waals surface area contributed by atoms with Gasteiger partial charge in [0.2, 0.25) is 5.88 Å². The highest BCUT2D eigenvalue weighted by atomic mass is 16.5. The van der Waals surface area contributed by atoms with Gasteiger partial charge in [0.15, 0.2) is 11.5 Å². The van der Waals surface area contributed by atoms with Gasteiger partial charge < -0.3 is 19.5 Å². The molecule has 0 aliphatic carbocycles. The van der Waals surface area contributed by atoms with Gasteiger partial charge in [0.25, 0.3) is 0 Å². The first kappa shape index (κ1) is 15.0. The largest absolute Gasteiger partial charge is 0.493 e. The molecule has 2 aromatic rings. The monoisotopic (exact) mass is 288 g/mol. The lowest BCUT2D eigenvalue weighted by atomic mass is 10.1. The van der Waals surface area contributed by atoms with Crippen molar-refractivity contribution in [3.63, 3.8) is 0 Å². The summed E-state index contributed by atoms with van der Waals surface area (Å²) in [6, 6.07) is 7.71. The van der Waals surface area contributed by atoms with E-state index in [0.29, 0.717) is 18.2 Å². The second kappa shape index (κ2) is 6.83. The maximum absolute atomic E-state index is 5.32. The summed E-state index contributed by atoms with van der Waals surface area (Å²) in [6.45, 7) is 2.70. The number of hydrogen-bond acceptors (Lipinski definition) is 5. The average Bonchev–Trinajstić information content (AvgIpc) is 2.53. The van der Waals surface area contributed by atoms with Crippen LogP contribution in [0.5, 0.6) is 17.4 Å². The van der Waals surface area contributed by atoms with Crippen molar-refractivity contribution in [3.05, 3.63) is 41.6 Å². The third-order valence-corrected chi connectivity index (χ3v) is 3.22. The number of nitrogens with zero attached hydrogens (tertiary/aromatic N) is 1. The van der Waals surface area contributed by atoms with Gasteiger partial charge in [0.1, 0.15) is 0 Å². The van der Waals surface area contributed by atoms with Crippen LogP contribution in [0.4, 0.5) is 5.69 Å².